The Labute approximate surface area is 231 Å². The minimum absolute atomic E-state index is 0.00250. The second-order valence-corrected chi connectivity index (χ2v) is 11.8. The van der Waals surface area contributed by atoms with E-state index < -0.39 is 29.6 Å². The first-order valence-corrected chi connectivity index (χ1v) is 14.1. The Morgan fingerprint density at radius 2 is 1.89 bits per heavy atom. The molecular formula is C29H34BrN3O5. The monoisotopic (exact) mass is 583 g/mol. The summed E-state index contributed by atoms with van der Waals surface area (Å²) in [5.41, 5.74) is 2.48. The van der Waals surface area contributed by atoms with Crippen LogP contribution in [0.4, 0.5) is 5.69 Å². The number of rotatable bonds is 9. The minimum atomic E-state index is -1.11. The summed E-state index contributed by atoms with van der Waals surface area (Å²) < 4.78 is 6.53. The van der Waals surface area contributed by atoms with Crippen molar-refractivity contribution in [2.75, 3.05) is 18.5 Å². The number of likely N-dealkylation sites (tertiary alicyclic amines) is 1. The first-order valence-electron chi connectivity index (χ1n) is 13.2. The number of nitrogens with one attached hydrogen (secondary N) is 2. The number of aliphatic hydroxyl groups excluding tert-OH is 1. The predicted octanol–water partition coefficient (Wildman–Crippen LogP) is 3.08. The summed E-state index contributed by atoms with van der Waals surface area (Å²) in [6.45, 7) is 4.54. The summed E-state index contributed by atoms with van der Waals surface area (Å²) in [7, 11) is 0. The topological polar surface area (TPSA) is 108 Å². The van der Waals surface area contributed by atoms with E-state index in [1.165, 1.54) is 0 Å². The van der Waals surface area contributed by atoms with Gasteiger partial charge < -0.3 is 25.4 Å². The van der Waals surface area contributed by atoms with E-state index in [0.717, 1.165) is 16.7 Å². The number of unbranched alkanes of at least 4 members (excludes halogenated alkanes) is 1. The number of halogens is 1. The lowest BCUT2D eigenvalue weighted by Gasteiger charge is -2.34. The van der Waals surface area contributed by atoms with Gasteiger partial charge in [-0.05, 0) is 55.9 Å². The molecule has 2 aromatic rings. The minimum Gasteiger partial charge on any atom is -0.396 e. The third-order valence-electron chi connectivity index (χ3n) is 8.11. The molecule has 3 unspecified atom stereocenters. The fraction of sp³-hybridized carbons (Fsp3) is 0.483. The summed E-state index contributed by atoms with van der Waals surface area (Å²) in [6.07, 6.45) is 1.01. The van der Waals surface area contributed by atoms with Gasteiger partial charge in [0.2, 0.25) is 17.7 Å². The van der Waals surface area contributed by atoms with Crippen LogP contribution in [0.5, 0.6) is 0 Å². The molecule has 202 valence electrons. The number of anilines is 1. The highest BCUT2D eigenvalue weighted by Gasteiger charge is 2.76. The first kappa shape index (κ1) is 26.8. The summed E-state index contributed by atoms with van der Waals surface area (Å²) in [4.78, 5) is 42.9. The van der Waals surface area contributed by atoms with Gasteiger partial charge in [0, 0.05) is 30.2 Å². The highest BCUT2D eigenvalue weighted by atomic mass is 79.9. The third-order valence-corrected chi connectivity index (χ3v) is 8.95. The maximum Gasteiger partial charge on any atom is 0.250 e. The zero-order valence-corrected chi connectivity index (χ0v) is 23.2. The van der Waals surface area contributed by atoms with Crippen molar-refractivity contribution < 1.29 is 24.2 Å². The molecule has 1 spiro atoms. The highest BCUT2D eigenvalue weighted by Crippen LogP contribution is 2.60. The van der Waals surface area contributed by atoms with Crippen molar-refractivity contribution in [3.05, 3.63) is 65.2 Å². The van der Waals surface area contributed by atoms with E-state index in [1.807, 2.05) is 62.4 Å². The number of aliphatic hydroxyl groups is 1. The summed E-state index contributed by atoms with van der Waals surface area (Å²) in [5.74, 6) is -2.24. The second kappa shape index (κ2) is 10.8. The van der Waals surface area contributed by atoms with Crippen molar-refractivity contribution in [2.24, 2.45) is 11.8 Å². The average Bonchev–Trinajstić information content (AvgIpc) is 3.49. The molecule has 2 aromatic carbocycles. The summed E-state index contributed by atoms with van der Waals surface area (Å²) in [6, 6.07) is 14.6. The number of hydrogen-bond acceptors (Lipinski definition) is 5. The molecule has 3 saturated heterocycles. The van der Waals surface area contributed by atoms with Gasteiger partial charge in [-0.1, -0.05) is 58.4 Å². The zero-order valence-electron chi connectivity index (χ0n) is 21.7. The van der Waals surface area contributed by atoms with Crippen LogP contribution in [0.1, 0.15) is 36.0 Å². The second-order valence-electron chi connectivity index (χ2n) is 10.6. The number of nitrogens with zero attached hydrogens (tertiary/aromatic N) is 1. The molecule has 9 heteroatoms. The number of aryl methyl sites for hydroxylation is 2. The molecule has 0 saturated carbocycles. The van der Waals surface area contributed by atoms with Crippen molar-refractivity contribution in [1.29, 1.82) is 0 Å². The number of carbonyl (C=O) groups is 3. The lowest BCUT2D eigenvalue weighted by atomic mass is 9.70. The van der Waals surface area contributed by atoms with Gasteiger partial charge in [0.1, 0.15) is 11.6 Å². The molecular weight excluding hydrogens is 550 g/mol. The molecule has 3 amide bonds. The van der Waals surface area contributed by atoms with E-state index in [2.05, 4.69) is 26.6 Å². The number of ether oxygens (including phenoxy) is 1. The van der Waals surface area contributed by atoms with Gasteiger partial charge in [-0.25, -0.2) is 0 Å². The molecule has 3 heterocycles. The molecule has 38 heavy (non-hydrogen) atoms. The maximum absolute atomic E-state index is 14.0. The van der Waals surface area contributed by atoms with E-state index in [0.29, 0.717) is 38.0 Å². The Kier molecular flexibility index (Phi) is 7.62. The van der Waals surface area contributed by atoms with E-state index >= 15 is 0 Å². The van der Waals surface area contributed by atoms with E-state index in [-0.39, 0.29) is 29.2 Å². The fourth-order valence-corrected chi connectivity index (χ4v) is 7.28. The Balaban J connectivity index is 1.45. The predicted molar refractivity (Wildman–Crippen MR) is 147 cm³/mol. The van der Waals surface area contributed by atoms with E-state index in [4.69, 9.17) is 4.74 Å². The highest BCUT2D eigenvalue weighted by molar-refractivity contribution is 9.09. The van der Waals surface area contributed by atoms with Crippen LogP contribution in [0.15, 0.2) is 48.5 Å². The number of fused-ring (bicyclic) bond motifs is 1. The third kappa shape index (κ3) is 4.65. The Morgan fingerprint density at radius 1 is 1.13 bits per heavy atom. The van der Waals surface area contributed by atoms with Crippen molar-refractivity contribution in [1.82, 2.24) is 10.2 Å². The standard InChI is InChI=1S/C29H34BrN3O5/c1-17-10-11-18(2)21(14-17)32-27(36)25-29-15-20(30)24(38-29)22(23(29)28(37)33(25)12-6-7-13-34)26(35)31-16-19-8-4-3-5-9-19/h3-5,8-11,14,20,22-25,34H,6-7,12-13,15-16H2,1-2H3,(H,31,35)(H,32,36)/t20?,22-,23+,24-,25?,29?/m1/s1. The van der Waals surface area contributed by atoms with Crippen LogP contribution in [0, 0.1) is 25.7 Å². The first-order chi connectivity index (χ1) is 18.3. The van der Waals surface area contributed by atoms with Crippen LogP contribution in [0.25, 0.3) is 0 Å². The van der Waals surface area contributed by atoms with Crippen molar-refractivity contribution in [3.8, 4) is 0 Å². The lowest BCUT2D eigenvalue weighted by molar-refractivity contribution is -0.140. The number of carbonyl (C=O) groups excluding carboxylic acids is 3. The van der Waals surface area contributed by atoms with Gasteiger partial charge in [0.05, 0.1) is 17.9 Å². The smallest absolute Gasteiger partial charge is 0.250 e. The summed E-state index contributed by atoms with van der Waals surface area (Å²) >= 11 is 3.70. The van der Waals surface area contributed by atoms with E-state index in [9.17, 15) is 19.5 Å². The number of benzene rings is 2. The molecule has 3 aliphatic heterocycles. The maximum atomic E-state index is 14.0. The van der Waals surface area contributed by atoms with Crippen LogP contribution in [-0.2, 0) is 25.7 Å². The van der Waals surface area contributed by atoms with Crippen molar-refractivity contribution in [2.45, 2.75) is 62.2 Å². The van der Waals surface area contributed by atoms with Gasteiger partial charge in [-0.3, -0.25) is 14.4 Å². The quantitative estimate of drug-likeness (QED) is 0.310. The van der Waals surface area contributed by atoms with Crippen molar-refractivity contribution >= 4 is 39.3 Å². The molecule has 0 aromatic heterocycles. The molecule has 5 rings (SSSR count). The normalized spacial score (nSPS) is 29.4. The molecule has 8 nitrogen and oxygen atoms in total. The zero-order chi connectivity index (χ0) is 27.0. The lowest BCUT2D eigenvalue weighted by Crippen LogP contribution is -2.54. The number of alkyl halides is 1. The Bertz CT molecular complexity index is 1220. The molecule has 0 aliphatic carbocycles. The van der Waals surface area contributed by atoms with Gasteiger partial charge in [-0.2, -0.15) is 0 Å². The van der Waals surface area contributed by atoms with Crippen LogP contribution < -0.4 is 10.6 Å². The van der Waals surface area contributed by atoms with Gasteiger partial charge in [-0.15, -0.1) is 0 Å². The Morgan fingerprint density at radius 3 is 2.63 bits per heavy atom. The molecule has 0 radical (unpaired) electrons. The van der Waals surface area contributed by atoms with Crippen LogP contribution in [0.3, 0.4) is 0 Å². The fourth-order valence-electron chi connectivity index (χ4n) is 6.34. The van der Waals surface area contributed by atoms with Gasteiger partial charge in [0.25, 0.3) is 0 Å². The molecule has 6 atom stereocenters. The molecule has 3 aliphatic rings. The number of hydrogen-bond donors (Lipinski definition) is 3. The van der Waals surface area contributed by atoms with Gasteiger partial charge >= 0.3 is 0 Å². The van der Waals surface area contributed by atoms with Crippen molar-refractivity contribution in [3.63, 3.8) is 0 Å². The van der Waals surface area contributed by atoms with Gasteiger partial charge in [0.15, 0.2) is 0 Å². The largest absolute Gasteiger partial charge is 0.396 e. The van der Waals surface area contributed by atoms with Crippen LogP contribution in [0.2, 0.25) is 0 Å². The van der Waals surface area contributed by atoms with E-state index in [1.54, 1.807) is 4.90 Å². The Hall–Kier alpha value is -2.75. The SMILES string of the molecule is Cc1ccc(C)c(NC(=O)C2N(CCCCO)C(=O)[C@@H]3[C@@H](C(=O)NCc4ccccc4)[C@@H]4OC23CC4Br)c1. The van der Waals surface area contributed by atoms with Crippen LogP contribution >= 0.6 is 15.9 Å². The molecule has 2 bridgehead atoms. The number of amides is 3. The molecule has 3 N–H and O–H groups in total. The average molecular weight is 585 g/mol. The molecule has 3 fully saturated rings. The van der Waals surface area contributed by atoms with Crippen LogP contribution in [-0.4, -0.2) is 63.5 Å². The summed E-state index contributed by atoms with van der Waals surface area (Å²) in [5, 5.41) is 15.4.